The molecule has 0 atom stereocenters. The highest BCUT2D eigenvalue weighted by Crippen LogP contribution is 2.25. The second-order valence-electron chi connectivity index (χ2n) is 6.17. The van der Waals surface area contributed by atoms with E-state index in [0.717, 1.165) is 54.7 Å². The van der Waals surface area contributed by atoms with Gasteiger partial charge in [0.05, 0.1) is 27.4 Å². The summed E-state index contributed by atoms with van der Waals surface area (Å²) in [5.74, 6) is 3.26. The summed E-state index contributed by atoms with van der Waals surface area (Å²) in [6.07, 6.45) is 1.98. The van der Waals surface area contributed by atoms with Gasteiger partial charge in [-0.1, -0.05) is 18.2 Å². The first-order chi connectivity index (χ1) is 13.8. The Labute approximate surface area is 191 Å². The summed E-state index contributed by atoms with van der Waals surface area (Å²) < 4.78 is 16.4. The molecule has 0 unspecified atom stereocenters. The van der Waals surface area contributed by atoms with Gasteiger partial charge in [0.15, 0.2) is 5.96 Å². The van der Waals surface area contributed by atoms with Crippen molar-refractivity contribution >= 4 is 29.9 Å². The maximum atomic E-state index is 5.71. The highest BCUT2D eigenvalue weighted by atomic mass is 127. The molecule has 0 aliphatic rings. The predicted molar refractivity (Wildman–Crippen MR) is 129 cm³/mol. The van der Waals surface area contributed by atoms with Gasteiger partial charge in [0, 0.05) is 24.7 Å². The van der Waals surface area contributed by atoms with E-state index in [1.807, 2.05) is 48.5 Å². The Kier molecular flexibility index (Phi) is 12.7. The molecule has 0 heterocycles. The molecule has 2 aromatic rings. The van der Waals surface area contributed by atoms with Crippen molar-refractivity contribution in [3.05, 3.63) is 54.1 Å². The van der Waals surface area contributed by atoms with Gasteiger partial charge in [0.2, 0.25) is 0 Å². The molecule has 6 nitrogen and oxygen atoms in total. The fourth-order valence-corrected chi connectivity index (χ4v) is 2.63. The lowest BCUT2D eigenvalue weighted by Gasteiger charge is -2.13. The molecular formula is C22H32IN3O3. The molecule has 0 aliphatic heterocycles. The molecule has 0 spiro atoms. The summed E-state index contributed by atoms with van der Waals surface area (Å²) in [4.78, 5) is 4.66. The molecule has 2 aromatic carbocycles. The van der Waals surface area contributed by atoms with Crippen LogP contribution in [0.5, 0.6) is 17.2 Å². The van der Waals surface area contributed by atoms with E-state index in [1.165, 1.54) is 0 Å². The summed E-state index contributed by atoms with van der Waals surface area (Å²) in [6.45, 7) is 4.94. The number of nitrogens with zero attached hydrogens (tertiary/aromatic N) is 1. The Morgan fingerprint density at radius 3 is 2.41 bits per heavy atom. The second kappa shape index (κ2) is 14.8. The van der Waals surface area contributed by atoms with Gasteiger partial charge in [-0.25, -0.2) is 4.99 Å². The molecule has 0 radical (unpaired) electrons. The van der Waals surface area contributed by atoms with E-state index >= 15 is 0 Å². The minimum absolute atomic E-state index is 0. The average molecular weight is 513 g/mol. The van der Waals surface area contributed by atoms with Crippen molar-refractivity contribution in [1.82, 2.24) is 10.6 Å². The first-order valence-corrected chi connectivity index (χ1v) is 9.67. The van der Waals surface area contributed by atoms with Gasteiger partial charge in [-0.15, -0.1) is 24.0 Å². The highest BCUT2D eigenvalue weighted by molar-refractivity contribution is 14.0. The Morgan fingerprint density at radius 1 is 0.931 bits per heavy atom. The largest absolute Gasteiger partial charge is 0.497 e. The Morgan fingerprint density at radius 2 is 1.72 bits per heavy atom. The molecule has 0 amide bonds. The van der Waals surface area contributed by atoms with E-state index in [9.17, 15) is 0 Å². The molecule has 0 saturated carbocycles. The first-order valence-electron chi connectivity index (χ1n) is 9.67. The number of guanidine groups is 1. The molecule has 160 valence electrons. The maximum Gasteiger partial charge on any atom is 0.191 e. The number of nitrogens with one attached hydrogen (secondary N) is 2. The predicted octanol–water partition coefficient (Wildman–Crippen LogP) is 4.24. The van der Waals surface area contributed by atoms with Crippen molar-refractivity contribution in [3.8, 4) is 17.2 Å². The number of methoxy groups -OCH3 is 2. The molecule has 29 heavy (non-hydrogen) atoms. The van der Waals surface area contributed by atoms with Gasteiger partial charge in [0.25, 0.3) is 0 Å². The van der Waals surface area contributed by atoms with Crippen LogP contribution in [0.2, 0.25) is 0 Å². The van der Waals surface area contributed by atoms with Crippen molar-refractivity contribution in [3.63, 3.8) is 0 Å². The second-order valence-corrected chi connectivity index (χ2v) is 6.17. The number of benzene rings is 2. The summed E-state index contributed by atoms with van der Waals surface area (Å²) >= 11 is 0. The van der Waals surface area contributed by atoms with E-state index in [0.29, 0.717) is 13.2 Å². The van der Waals surface area contributed by atoms with E-state index in [1.54, 1.807) is 14.2 Å². The summed E-state index contributed by atoms with van der Waals surface area (Å²) in [5.41, 5.74) is 1.01. The topological polar surface area (TPSA) is 64.1 Å². The molecule has 7 heteroatoms. The van der Waals surface area contributed by atoms with Gasteiger partial charge in [0.1, 0.15) is 17.2 Å². The lowest BCUT2D eigenvalue weighted by molar-refractivity contribution is 0.307. The van der Waals surface area contributed by atoms with Gasteiger partial charge >= 0.3 is 0 Å². The molecule has 0 bridgehead atoms. The molecule has 2 N–H and O–H groups in total. The van der Waals surface area contributed by atoms with Crippen LogP contribution < -0.4 is 24.8 Å². The molecule has 0 saturated heterocycles. The number of ether oxygens (including phenoxy) is 3. The van der Waals surface area contributed by atoms with Crippen molar-refractivity contribution in [1.29, 1.82) is 0 Å². The minimum atomic E-state index is 0. The van der Waals surface area contributed by atoms with Crippen LogP contribution in [0.3, 0.4) is 0 Å². The maximum absolute atomic E-state index is 5.71. The number of hydrogen-bond acceptors (Lipinski definition) is 4. The van der Waals surface area contributed by atoms with Crippen molar-refractivity contribution in [2.24, 2.45) is 4.99 Å². The van der Waals surface area contributed by atoms with Gasteiger partial charge < -0.3 is 24.8 Å². The number of halogens is 1. The average Bonchev–Trinajstić information content (AvgIpc) is 2.74. The Balaban J connectivity index is 0.00000420. The zero-order valence-corrected chi connectivity index (χ0v) is 19.8. The van der Waals surface area contributed by atoms with Crippen molar-refractivity contribution in [2.75, 3.05) is 33.9 Å². The van der Waals surface area contributed by atoms with Crippen LogP contribution >= 0.6 is 24.0 Å². The van der Waals surface area contributed by atoms with E-state index in [4.69, 9.17) is 14.2 Å². The summed E-state index contributed by atoms with van der Waals surface area (Å²) in [6, 6.07) is 15.7. The van der Waals surface area contributed by atoms with Gasteiger partial charge in [-0.05, 0) is 44.0 Å². The zero-order valence-electron chi connectivity index (χ0n) is 17.4. The molecule has 0 fully saturated rings. The van der Waals surface area contributed by atoms with Crippen LogP contribution in [0.15, 0.2) is 53.5 Å². The zero-order chi connectivity index (χ0) is 20.0. The number of hydrogen-bond donors (Lipinski definition) is 2. The molecular weight excluding hydrogens is 481 g/mol. The highest BCUT2D eigenvalue weighted by Gasteiger charge is 2.05. The third-order valence-electron chi connectivity index (χ3n) is 4.12. The number of rotatable bonds is 11. The third kappa shape index (κ3) is 9.25. The van der Waals surface area contributed by atoms with E-state index < -0.39 is 0 Å². The van der Waals surface area contributed by atoms with Gasteiger partial charge in [-0.2, -0.15) is 0 Å². The Hall–Kier alpha value is -2.16. The monoisotopic (exact) mass is 513 g/mol. The SMILES string of the molecule is CCNC(=NCc1ccc(OC)cc1OC)NCCCCOc1ccccc1.I. The Bertz CT molecular complexity index is 726. The standard InChI is InChI=1S/C22H31N3O3.HI/c1-4-23-22(24-14-8-9-15-28-19-10-6-5-7-11-19)25-17-18-12-13-20(26-2)16-21(18)27-3;/h5-7,10-13,16H,4,8-9,14-15,17H2,1-3H3,(H2,23,24,25);1H. The summed E-state index contributed by atoms with van der Waals surface area (Å²) in [7, 11) is 3.30. The van der Waals surface area contributed by atoms with Crippen LogP contribution in [0.1, 0.15) is 25.3 Å². The lowest BCUT2D eigenvalue weighted by Crippen LogP contribution is -2.37. The van der Waals surface area contributed by atoms with Gasteiger partial charge in [-0.3, -0.25) is 0 Å². The number of aliphatic imine (C=N–C) groups is 1. The van der Waals surface area contributed by atoms with Crippen LogP contribution in [0.4, 0.5) is 0 Å². The van der Waals surface area contributed by atoms with Crippen molar-refractivity contribution < 1.29 is 14.2 Å². The minimum Gasteiger partial charge on any atom is -0.497 e. The van der Waals surface area contributed by atoms with Crippen LogP contribution in [0, 0.1) is 0 Å². The normalized spacial score (nSPS) is 10.7. The van der Waals surface area contributed by atoms with E-state index in [-0.39, 0.29) is 24.0 Å². The molecule has 2 rings (SSSR count). The molecule has 0 aliphatic carbocycles. The quantitative estimate of drug-likeness (QED) is 0.204. The lowest BCUT2D eigenvalue weighted by atomic mass is 10.2. The first kappa shape index (κ1) is 24.9. The fraction of sp³-hybridized carbons (Fsp3) is 0.409. The smallest absolute Gasteiger partial charge is 0.191 e. The van der Waals surface area contributed by atoms with Crippen LogP contribution in [0.25, 0.3) is 0 Å². The molecule has 0 aromatic heterocycles. The van der Waals surface area contributed by atoms with Crippen LogP contribution in [-0.2, 0) is 6.54 Å². The summed E-state index contributed by atoms with van der Waals surface area (Å²) in [5, 5.41) is 6.64. The fourth-order valence-electron chi connectivity index (χ4n) is 2.63. The van der Waals surface area contributed by atoms with Crippen LogP contribution in [-0.4, -0.2) is 39.9 Å². The third-order valence-corrected chi connectivity index (χ3v) is 4.12. The van der Waals surface area contributed by atoms with E-state index in [2.05, 4.69) is 22.5 Å². The number of para-hydroxylation sites is 1. The van der Waals surface area contributed by atoms with Crippen molar-refractivity contribution in [2.45, 2.75) is 26.3 Å². The number of unbranched alkanes of at least 4 members (excludes halogenated alkanes) is 1.